The van der Waals surface area contributed by atoms with Gasteiger partial charge in [-0.2, -0.15) is 5.10 Å². The van der Waals surface area contributed by atoms with Gasteiger partial charge in [-0.25, -0.2) is 4.39 Å². The zero-order chi connectivity index (χ0) is 16.8. The first kappa shape index (κ1) is 17.3. The number of carbonyl (C=O) groups excluding carboxylic acids is 1. The van der Waals surface area contributed by atoms with E-state index in [4.69, 9.17) is 16.3 Å². The highest BCUT2D eigenvalue weighted by molar-refractivity contribution is 6.32. The number of nitrogens with one attached hydrogen (secondary N) is 2. The van der Waals surface area contributed by atoms with E-state index in [1.54, 1.807) is 13.1 Å². The number of aryl methyl sites for hydroxylation is 2. The second-order valence-electron chi connectivity index (χ2n) is 5.25. The van der Waals surface area contributed by atoms with E-state index >= 15 is 0 Å². The number of amides is 1. The molecule has 0 aliphatic carbocycles. The van der Waals surface area contributed by atoms with Crippen LogP contribution in [0.5, 0.6) is 5.75 Å². The number of H-pyrrole nitrogens is 1. The highest BCUT2D eigenvalue weighted by atomic mass is 35.5. The Kier molecular flexibility index (Phi) is 5.98. The van der Waals surface area contributed by atoms with E-state index in [0.29, 0.717) is 6.54 Å². The van der Waals surface area contributed by atoms with Gasteiger partial charge in [0, 0.05) is 12.2 Å². The Bertz CT molecular complexity index is 675. The lowest BCUT2D eigenvalue weighted by atomic mass is 10.1. The second kappa shape index (κ2) is 7.97. The van der Waals surface area contributed by atoms with Gasteiger partial charge in [-0.1, -0.05) is 11.6 Å². The quantitative estimate of drug-likeness (QED) is 0.762. The van der Waals surface area contributed by atoms with E-state index in [2.05, 4.69) is 15.5 Å². The molecule has 7 heteroatoms. The van der Waals surface area contributed by atoms with E-state index in [1.165, 1.54) is 12.1 Å². The first-order valence-electron chi connectivity index (χ1n) is 7.35. The summed E-state index contributed by atoms with van der Waals surface area (Å²) in [6, 6.07) is 3.79. The van der Waals surface area contributed by atoms with Gasteiger partial charge in [0.25, 0.3) is 5.91 Å². The van der Waals surface area contributed by atoms with Crippen LogP contribution in [0.2, 0.25) is 5.02 Å². The smallest absolute Gasteiger partial charge is 0.260 e. The minimum absolute atomic E-state index is 0.139. The largest absolute Gasteiger partial charge is 0.479 e. The van der Waals surface area contributed by atoms with Crippen molar-refractivity contribution < 1.29 is 13.9 Å². The molecule has 0 spiro atoms. The zero-order valence-electron chi connectivity index (χ0n) is 13.0. The second-order valence-corrected chi connectivity index (χ2v) is 5.66. The van der Waals surface area contributed by atoms with Crippen LogP contribution in [0.15, 0.2) is 24.4 Å². The summed E-state index contributed by atoms with van der Waals surface area (Å²) in [4.78, 5) is 12.0. The number of hydrogen-bond donors (Lipinski definition) is 2. The van der Waals surface area contributed by atoms with Crippen molar-refractivity contribution in [3.63, 3.8) is 0 Å². The van der Waals surface area contributed by atoms with Crippen LogP contribution in [-0.2, 0) is 11.2 Å². The average Bonchev–Trinajstić information content (AvgIpc) is 2.91. The van der Waals surface area contributed by atoms with Gasteiger partial charge in [0.05, 0.1) is 11.2 Å². The molecule has 0 radical (unpaired) electrons. The standard InChI is InChI=1S/C16H19ClFN3O2/c1-10-12(9-20-21-10)4-3-7-19-16(22)11(2)23-15-6-5-13(18)8-14(15)17/h5-6,8-9,11H,3-4,7H2,1-2H3,(H,19,22)(H,20,21). The third kappa shape index (κ3) is 4.96. The van der Waals surface area contributed by atoms with Crippen LogP contribution < -0.4 is 10.1 Å². The van der Waals surface area contributed by atoms with E-state index in [9.17, 15) is 9.18 Å². The number of aromatic nitrogens is 2. The molecule has 0 aliphatic rings. The van der Waals surface area contributed by atoms with Gasteiger partial charge in [0.2, 0.25) is 0 Å². The Morgan fingerprint density at radius 3 is 2.96 bits per heavy atom. The van der Waals surface area contributed by atoms with Crippen molar-refractivity contribution in [2.24, 2.45) is 0 Å². The zero-order valence-corrected chi connectivity index (χ0v) is 13.8. The van der Waals surface area contributed by atoms with Crippen LogP contribution in [0.4, 0.5) is 4.39 Å². The lowest BCUT2D eigenvalue weighted by Gasteiger charge is -2.15. The number of benzene rings is 1. The molecule has 1 atom stereocenters. The van der Waals surface area contributed by atoms with Crippen molar-refractivity contribution >= 4 is 17.5 Å². The molecule has 1 aromatic carbocycles. The molecule has 0 saturated heterocycles. The Morgan fingerprint density at radius 1 is 1.52 bits per heavy atom. The van der Waals surface area contributed by atoms with Crippen molar-refractivity contribution in [2.75, 3.05) is 6.54 Å². The van der Waals surface area contributed by atoms with E-state index < -0.39 is 11.9 Å². The first-order valence-corrected chi connectivity index (χ1v) is 7.73. The molecular formula is C16H19ClFN3O2. The van der Waals surface area contributed by atoms with Crippen molar-refractivity contribution in [3.8, 4) is 5.75 Å². The van der Waals surface area contributed by atoms with Crippen molar-refractivity contribution in [2.45, 2.75) is 32.8 Å². The molecule has 2 rings (SSSR count). The van der Waals surface area contributed by atoms with Crippen LogP contribution in [0.1, 0.15) is 24.6 Å². The normalized spacial score (nSPS) is 12.0. The highest BCUT2D eigenvalue weighted by Crippen LogP contribution is 2.25. The fourth-order valence-corrected chi connectivity index (χ4v) is 2.29. The molecule has 23 heavy (non-hydrogen) atoms. The summed E-state index contributed by atoms with van der Waals surface area (Å²) in [6.07, 6.45) is 2.71. The molecule has 0 fully saturated rings. The molecule has 2 aromatic rings. The van der Waals surface area contributed by atoms with Gasteiger partial charge >= 0.3 is 0 Å². The molecule has 1 aromatic heterocycles. The average molecular weight is 340 g/mol. The number of rotatable bonds is 7. The number of halogens is 2. The topological polar surface area (TPSA) is 67.0 Å². The van der Waals surface area contributed by atoms with Crippen LogP contribution in [0.25, 0.3) is 0 Å². The molecule has 1 amide bonds. The molecular weight excluding hydrogens is 321 g/mol. The predicted octanol–water partition coefficient (Wildman–Crippen LogP) is 3.03. The van der Waals surface area contributed by atoms with E-state index in [0.717, 1.165) is 30.2 Å². The molecule has 2 N–H and O–H groups in total. The summed E-state index contributed by atoms with van der Waals surface area (Å²) in [6.45, 7) is 4.12. The Labute approximate surface area is 139 Å². The fraction of sp³-hybridized carbons (Fsp3) is 0.375. The van der Waals surface area contributed by atoms with Crippen molar-refractivity contribution in [1.82, 2.24) is 15.5 Å². The van der Waals surface area contributed by atoms with E-state index in [1.807, 2.05) is 6.92 Å². The Morgan fingerprint density at radius 2 is 2.30 bits per heavy atom. The first-order chi connectivity index (χ1) is 11.0. The minimum Gasteiger partial charge on any atom is -0.479 e. The number of ether oxygens (including phenoxy) is 1. The highest BCUT2D eigenvalue weighted by Gasteiger charge is 2.16. The van der Waals surface area contributed by atoms with Gasteiger partial charge < -0.3 is 10.1 Å². The molecule has 0 saturated carbocycles. The summed E-state index contributed by atoms with van der Waals surface area (Å²) in [5.74, 6) is -0.409. The lowest BCUT2D eigenvalue weighted by molar-refractivity contribution is -0.127. The number of nitrogens with zero attached hydrogens (tertiary/aromatic N) is 1. The van der Waals surface area contributed by atoms with Gasteiger partial charge in [0.1, 0.15) is 11.6 Å². The van der Waals surface area contributed by atoms with E-state index in [-0.39, 0.29) is 16.7 Å². The number of carbonyl (C=O) groups is 1. The maximum Gasteiger partial charge on any atom is 0.260 e. The van der Waals surface area contributed by atoms with Crippen LogP contribution >= 0.6 is 11.6 Å². The number of hydrogen-bond acceptors (Lipinski definition) is 3. The molecule has 0 bridgehead atoms. The summed E-state index contributed by atoms with van der Waals surface area (Å²) in [7, 11) is 0. The molecule has 1 unspecified atom stereocenters. The SMILES string of the molecule is Cc1[nH]ncc1CCCNC(=O)C(C)Oc1ccc(F)cc1Cl. The molecule has 5 nitrogen and oxygen atoms in total. The fourth-order valence-electron chi connectivity index (χ4n) is 2.08. The minimum atomic E-state index is -0.714. The number of aromatic amines is 1. The predicted molar refractivity (Wildman–Crippen MR) is 86.2 cm³/mol. The summed E-state index contributed by atoms with van der Waals surface area (Å²) >= 11 is 5.87. The van der Waals surface area contributed by atoms with Crippen LogP contribution in [-0.4, -0.2) is 28.8 Å². The third-order valence-electron chi connectivity index (χ3n) is 3.42. The van der Waals surface area contributed by atoms with Crippen molar-refractivity contribution in [3.05, 3.63) is 46.5 Å². The lowest BCUT2D eigenvalue weighted by Crippen LogP contribution is -2.37. The van der Waals surface area contributed by atoms with Gasteiger partial charge in [-0.15, -0.1) is 0 Å². The van der Waals surface area contributed by atoms with Crippen LogP contribution in [0, 0.1) is 12.7 Å². The van der Waals surface area contributed by atoms with Crippen LogP contribution in [0.3, 0.4) is 0 Å². The third-order valence-corrected chi connectivity index (χ3v) is 3.72. The summed E-state index contributed by atoms with van der Waals surface area (Å²) < 4.78 is 18.4. The van der Waals surface area contributed by atoms with Gasteiger partial charge in [0.15, 0.2) is 6.10 Å². The Hall–Kier alpha value is -2.08. The van der Waals surface area contributed by atoms with Gasteiger partial charge in [-0.05, 0) is 50.5 Å². The molecule has 124 valence electrons. The molecule has 0 aliphatic heterocycles. The van der Waals surface area contributed by atoms with Crippen molar-refractivity contribution in [1.29, 1.82) is 0 Å². The van der Waals surface area contributed by atoms with Gasteiger partial charge in [-0.3, -0.25) is 9.89 Å². The monoisotopic (exact) mass is 339 g/mol. The molecule has 1 heterocycles. The summed E-state index contributed by atoms with van der Waals surface area (Å²) in [5.41, 5.74) is 2.18. The maximum absolute atomic E-state index is 13.0. The maximum atomic E-state index is 13.0. The summed E-state index contributed by atoms with van der Waals surface area (Å²) in [5, 5.41) is 9.77. The Balaban J connectivity index is 1.75.